The van der Waals surface area contributed by atoms with Crippen molar-refractivity contribution in [2.75, 3.05) is 0 Å². The van der Waals surface area contributed by atoms with Crippen LogP contribution in [0.15, 0.2) is 146 Å². The maximum Gasteiger partial charge on any atom is 0.0540 e. The highest BCUT2D eigenvalue weighted by atomic mass is 32.1. The van der Waals surface area contributed by atoms with E-state index in [4.69, 9.17) is 0 Å². The summed E-state index contributed by atoms with van der Waals surface area (Å²) in [5.41, 5.74) is 5.13. The van der Waals surface area contributed by atoms with Gasteiger partial charge in [-0.25, -0.2) is 0 Å². The minimum atomic E-state index is 1.28. The quantitative estimate of drug-likeness (QED) is 0.187. The fourth-order valence-corrected chi connectivity index (χ4v) is 9.91. The summed E-state index contributed by atoms with van der Waals surface area (Å²) < 4.78 is 5.49. The summed E-state index contributed by atoms with van der Waals surface area (Å²) >= 11 is 3.90. The normalized spacial score (nSPS) is 12.1. The third-order valence-electron chi connectivity index (χ3n) is 9.25. The van der Waals surface area contributed by atoms with E-state index in [1.54, 1.807) is 0 Å². The van der Waals surface area contributed by atoms with E-state index >= 15 is 0 Å². The second-order valence-corrected chi connectivity index (χ2v) is 13.7. The zero-order valence-electron chi connectivity index (χ0n) is 23.7. The van der Waals surface area contributed by atoms with Gasteiger partial charge in [0.25, 0.3) is 0 Å². The van der Waals surface area contributed by atoms with Gasteiger partial charge in [-0.1, -0.05) is 133 Å². The predicted molar refractivity (Wildman–Crippen MR) is 196 cm³/mol. The first-order valence-corrected chi connectivity index (χ1v) is 16.6. The SMILES string of the molecule is c1ccc2c(-c3ccc4c(c3)sc3c5sc6cc(-c7cccc8ccccc78)ccc6c5c5ccccc5c43)cccc2c1. The van der Waals surface area contributed by atoms with Crippen LogP contribution in [0.2, 0.25) is 0 Å². The molecule has 10 rings (SSSR count). The Balaban J connectivity index is 1.26. The first kappa shape index (κ1) is 24.4. The number of thiophene rings is 2. The lowest BCUT2D eigenvalue weighted by Gasteiger charge is -2.08. The molecule has 0 radical (unpaired) electrons. The highest BCUT2D eigenvalue weighted by Gasteiger charge is 2.19. The van der Waals surface area contributed by atoms with Crippen molar-refractivity contribution < 1.29 is 0 Å². The van der Waals surface area contributed by atoms with Gasteiger partial charge in [-0.2, -0.15) is 0 Å². The van der Waals surface area contributed by atoms with Crippen LogP contribution < -0.4 is 0 Å². The van der Waals surface area contributed by atoms with Gasteiger partial charge < -0.3 is 0 Å². The van der Waals surface area contributed by atoms with Crippen molar-refractivity contribution in [3.05, 3.63) is 146 Å². The van der Waals surface area contributed by atoms with Crippen LogP contribution in [0, 0.1) is 0 Å². The van der Waals surface area contributed by atoms with E-state index in [9.17, 15) is 0 Å². The smallest absolute Gasteiger partial charge is 0.0540 e. The van der Waals surface area contributed by atoms with Gasteiger partial charge in [-0.15, -0.1) is 22.7 Å². The van der Waals surface area contributed by atoms with Gasteiger partial charge in [-0.3, -0.25) is 0 Å². The average Bonchev–Trinajstić information content (AvgIpc) is 3.66. The van der Waals surface area contributed by atoms with Crippen LogP contribution in [0.5, 0.6) is 0 Å². The maximum atomic E-state index is 2.41. The van der Waals surface area contributed by atoms with Gasteiger partial charge in [0.05, 0.1) is 9.40 Å². The van der Waals surface area contributed by atoms with Gasteiger partial charge in [-0.05, 0) is 66.7 Å². The number of benzene rings is 8. The molecule has 2 aromatic heterocycles. The molecule has 0 aliphatic heterocycles. The molecule has 0 saturated heterocycles. The standard InChI is InChI=1S/C42H24S2/c1-3-13-29-25(9-1)11-7-17-31(29)27-19-21-35-37(23-27)43-41-39(35)33-15-5-6-16-34(33)40-36-22-20-28(24-38(36)44-42(40)41)32-18-8-12-26-10-2-4-14-30(26)32/h1-24H. The van der Waals surface area contributed by atoms with Crippen molar-refractivity contribution in [3.8, 4) is 22.3 Å². The fourth-order valence-electron chi connectivity index (χ4n) is 7.26. The van der Waals surface area contributed by atoms with Crippen LogP contribution in [0.3, 0.4) is 0 Å². The lowest BCUT2D eigenvalue weighted by molar-refractivity contribution is 1.70. The van der Waals surface area contributed by atoms with Crippen LogP contribution in [-0.4, -0.2) is 0 Å². The summed E-state index contributed by atoms with van der Waals surface area (Å²) in [6, 6.07) is 53.8. The second kappa shape index (κ2) is 9.24. The molecule has 8 aromatic carbocycles. The predicted octanol–water partition coefficient (Wildman–Crippen LogP) is 13.2. The molecule has 0 bridgehead atoms. The molecule has 0 unspecified atom stereocenters. The molecule has 0 aliphatic rings. The molecular formula is C42H24S2. The molecule has 0 aliphatic carbocycles. The minimum Gasteiger partial charge on any atom is -0.134 e. The summed E-state index contributed by atoms with van der Waals surface area (Å²) in [7, 11) is 0. The Labute approximate surface area is 262 Å². The molecule has 0 fully saturated rings. The van der Waals surface area contributed by atoms with Crippen molar-refractivity contribution in [3.63, 3.8) is 0 Å². The van der Waals surface area contributed by atoms with E-state index in [1.807, 2.05) is 22.7 Å². The summed E-state index contributed by atoms with van der Waals surface area (Å²) in [5.74, 6) is 0. The molecule has 2 heterocycles. The Morgan fingerprint density at radius 3 is 1.20 bits per heavy atom. The zero-order valence-corrected chi connectivity index (χ0v) is 25.3. The van der Waals surface area contributed by atoms with Gasteiger partial charge in [0.2, 0.25) is 0 Å². The Morgan fingerprint density at radius 2 is 0.727 bits per heavy atom. The summed E-state index contributed by atoms with van der Waals surface area (Å²) in [6.07, 6.45) is 0. The molecule has 204 valence electrons. The first-order valence-electron chi connectivity index (χ1n) is 15.0. The molecule has 10 aromatic rings. The van der Waals surface area contributed by atoms with Crippen LogP contribution in [0.25, 0.3) is 94.9 Å². The number of hydrogen-bond acceptors (Lipinski definition) is 2. The lowest BCUT2D eigenvalue weighted by Crippen LogP contribution is -1.81. The largest absolute Gasteiger partial charge is 0.134 e. The minimum absolute atomic E-state index is 1.28. The highest BCUT2D eigenvalue weighted by molar-refractivity contribution is 7.33. The molecular weight excluding hydrogens is 569 g/mol. The molecule has 0 amide bonds. The van der Waals surface area contributed by atoms with Crippen molar-refractivity contribution in [2.45, 2.75) is 0 Å². The van der Waals surface area contributed by atoms with E-state index in [-0.39, 0.29) is 0 Å². The Kier molecular flexibility index (Phi) is 5.13. The van der Waals surface area contributed by atoms with Crippen molar-refractivity contribution in [1.82, 2.24) is 0 Å². The molecule has 0 spiro atoms. The summed E-state index contributed by atoms with van der Waals surface area (Å²) in [4.78, 5) is 0. The van der Waals surface area contributed by atoms with Gasteiger partial charge in [0.1, 0.15) is 0 Å². The van der Waals surface area contributed by atoms with E-state index in [0.29, 0.717) is 0 Å². The average molecular weight is 593 g/mol. The van der Waals surface area contributed by atoms with Gasteiger partial charge >= 0.3 is 0 Å². The Bertz CT molecular complexity index is 2570. The summed E-state index contributed by atoms with van der Waals surface area (Å²) in [6.45, 7) is 0. The highest BCUT2D eigenvalue weighted by Crippen LogP contribution is 2.50. The van der Waals surface area contributed by atoms with Crippen molar-refractivity contribution in [1.29, 1.82) is 0 Å². The van der Waals surface area contributed by atoms with E-state index in [1.165, 1.54) is 94.9 Å². The fraction of sp³-hybridized carbons (Fsp3) is 0. The zero-order chi connectivity index (χ0) is 28.8. The first-order chi connectivity index (χ1) is 21.8. The number of hydrogen-bond donors (Lipinski definition) is 0. The maximum absolute atomic E-state index is 2.41. The van der Waals surface area contributed by atoms with Crippen LogP contribution in [-0.2, 0) is 0 Å². The van der Waals surface area contributed by atoms with Crippen molar-refractivity contribution in [2.24, 2.45) is 0 Å². The molecule has 0 atom stereocenters. The van der Waals surface area contributed by atoms with Gasteiger partial charge in [0, 0.05) is 30.9 Å². The number of fused-ring (bicyclic) bond motifs is 12. The molecule has 0 nitrogen and oxygen atoms in total. The third-order valence-corrected chi connectivity index (χ3v) is 11.7. The van der Waals surface area contributed by atoms with Gasteiger partial charge in [0.15, 0.2) is 0 Å². The monoisotopic (exact) mass is 592 g/mol. The summed E-state index contributed by atoms with van der Waals surface area (Å²) in [5, 5.41) is 13.3. The van der Waals surface area contributed by atoms with Crippen LogP contribution in [0.4, 0.5) is 0 Å². The van der Waals surface area contributed by atoms with Crippen LogP contribution >= 0.6 is 22.7 Å². The molecule has 2 heteroatoms. The number of rotatable bonds is 2. The van der Waals surface area contributed by atoms with Crippen molar-refractivity contribution >= 4 is 95.3 Å². The third kappa shape index (κ3) is 3.44. The Morgan fingerprint density at radius 1 is 0.318 bits per heavy atom. The van der Waals surface area contributed by atoms with E-state index in [2.05, 4.69) is 146 Å². The van der Waals surface area contributed by atoms with E-state index in [0.717, 1.165) is 0 Å². The second-order valence-electron chi connectivity index (χ2n) is 11.6. The van der Waals surface area contributed by atoms with E-state index < -0.39 is 0 Å². The molecule has 0 saturated carbocycles. The molecule has 0 N–H and O–H groups in total. The van der Waals surface area contributed by atoms with Crippen LogP contribution in [0.1, 0.15) is 0 Å². The topological polar surface area (TPSA) is 0 Å². The Hall–Kier alpha value is -5.02. The molecule has 44 heavy (non-hydrogen) atoms. The lowest BCUT2D eigenvalue weighted by atomic mass is 9.95.